The maximum absolute atomic E-state index is 12.6. The second-order valence-corrected chi connectivity index (χ2v) is 12.4. The molecule has 0 saturated heterocycles. The van der Waals surface area contributed by atoms with Gasteiger partial charge in [0.25, 0.3) is 0 Å². The summed E-state index contributed by atoms with van der Waals surface area (Å²) in [6.07, 6.45) is 11.3. The van der Waals surface area contributed by atoms with E-state index in [4.69, 9.17) is 9.47 Å². The normalized spacial score (nSPS) is 33.8. The van der Waals surface area contributed by atoms with Crippen molar-refractivity contribution in [3.8, 4) is 0 Å². The molecule has 0 fully saturated rings. The molecule has 6 nitrogen and oxygen atoms in total. The highest BCUT2D eigenvalue weighted by Crippen LogP contribution is 2.35. The Kier molecular flexibility index (Phi) is 9.05. The maximum atomic E-state index is 12.6. The third-order valence-corrected chi connectivity index (χ3v) is 9.38. The van der Waals surface area contributed by atoms with Crippen LogP contribution in [0, 0.1) is 17.8 Å². The van der Waals surface area contributed by atoms with Gasteiger partial charge in [-0.2, -0.15) is 0 Å². The minimum absolute atomic E-state index is 0.0767. The zero-order chi connectivity index (χ0) is 21.8. The van der Waals surface area contributed by atoms with Crippen molar-refractivity contribution in [2.75, 3.05) is 0 Å². The Morgan fingerprint density at radius 2 is 1.77 bits per heavy atom. The number of alkyl halides is 3. The smallest absolute Gasteiger partial charge is 0.318 e. The fourth-order valence-corrected chi connectivity index (χ4v) is 6.65. The third kappa shape index (κ3) is 6.20. The number of hydrogen-bond donors (Lipinski definition) is 1. The lowest BCUT2D eigenvalue weighted by Gasteiger charge is -2.28. The highest BCUT2D eigenvalue weighted by molar-refractivity contribution is 14.1. The Labute approximate surface area is 216 Å². The second-order valence-electron chi connectivity index (χ2n) is 7.70. The molecular weight excluding hydrogens is 729 g/mol. The number of aliphatic carboxylic acids is 1. The fraction of sp³-hybridized carbons (Fsp3) is 0.571. The van der Waals surface area contributed by atoms with Gasteiger partial charge in [0, 0.05) is 14.3 Å². The van der Waals surface area contributed by atoms with Crippen molar-refractivity contribution < 1.29 is 29.0 Å². The molecule has 0 aliphatic heterocycles. The van der Waals surface area contributed by atoms with Crippen molar-refractivity contribution in [2.45, 2.75) is 50.3 Å². The number of esters is 2. The summed E-state index contributed by atoms with van der Waals surface area (Å²) in [5.74, 6) is -1.13. The zero-order valence-corrected chi connectivity index (χ0v) is 22.6. The number of allylic oxidation sites excluding steroid dienone is 5. The molecule has 164 valence electrons. The first-order chi connectivity index (χ1) is 14.3. The molecule has 9 heteroatoms. The summed E-state index contributed by atoms with van der Waals surface area (Å²) in [6.45, 7) is 0. The third-order valence-electron chi connectivity index (χ3n) is 5.55. The van der Waals surface area contributed by atoms with Crippen LogP contribution in [0.5, 0.6) is 0 Å². The summed E-state index contributed by atoms with van der Waals surface area (Å²) < 4.78 is 11.3. The Hall–Kier alpha value is -0.180. The number of hydrogen-bond acceptors (Lipinski definition) is 5. The molecule has 6 atom stereocenters. The first-order valence-corrected chi connectivity index (χ1v) is 13.6. The predicted molar refractivity (Wildman–Crippen MR) is 137 cm³/mol. The molecule has 0 aromatic carbocycles. The molecule has 3 aliphatic carbocycles. The molecule has 0 radical (unpaired) electrons. The quantitative estimate of drug-likeness (QED) is 0.182. The lowest BCUT2D eigenvalue weighted by molar-refractivity contribution is -0.145. The minimum Gasteiger partial charge on any atom is -0.481 e. The van der Waals surface area contributed by atoms with Gasteiger partial charge < -0.3 is 14.6 Å². The predicted octanol–water partition coefficient (Wildman–Crippen LogP) is 5.12. The van der Waals surface area contributed by atoms with Crippen LogP contribution in [-0.4, -0.2) is 34.8 Å². The van der Waals surface area contributed by atoms with E-state index in [1.54, 1.807) is 6.08 Å². The molecule has 30 heavy (non-hydrogen) atoms. The number of carbonyl (C=O) groups excluding carboxylic acids is 2. The Morgan fingerprint density at radius 1 is 1.00 bits per heavy atom. The van der Waals surface area contributed by atoms with Gasteiger partial charge in [0.1, 0.15) is 11.5 Å². The summed E-state index contributed by atoms with van der Waals surface area (Å²) in [5, 5.41) is 9.21. The molecule has 0 amide bonds. The first kappa shape index (κ1) is 24.5. The molecule has 0 spiro atoms. The average Bonchev–Trinajstić information content (AvgIpc) is 2.69. The zero-order valence-electron chi connectivity index (χ0n) is 16.1. The van der Waals surface area contributed by atoms with Gasteiger partial charge in [0.2, 0.25) is 0 Å². The largest absolute Gasteiger partial charge is 0.481 e. The standard InChI is InChI=1S/C21H23I3O6/c22-15-4-2-1-3-14(15)21(28)30-18-8-5-11(9-17(18)24)20(27)29-12-6-7-13(19(25)26)16(23)10-12/h1,3,6,8,11,13-17H,2,4-5,7,9-10H2,(H,25,26). The Balaban J connectivity index is 1.55. The monoisotopic (exact) mass is 752 g/mol. The van der Waals surface area contributed by atoms with Crippen LogP contribution in [-0.2, 0) is 23.9 Å². The van der Waals surface area contributed by atoms with E-state index in [2.05, 4.69) is 67.8 Å². The molecule has 3 rings (SSSR count). The van der Waals surface area contributed by atoms with Gasteiger partial charge in [-0.15, -0.1) is 0 Å². The van der Waals surface area contributed by atoms with Crippen LogP contribution < -0.4 is 0 Å². The molecule has 0 aromatic rings. The van der Waals surface area contributed by atoms with Gasteiger partial charge in [-0.1, -0.05) is 79.9 Å². The molecule has 1 N–H and O–H groups in total. The summed E-state index contributed by atoms with van der Waals surface area (Å²) in [6, 6.07) is 0. The average molecular weight is 752 g/mol. The van der Waals surface area contributed by atoms with Crippen LogP contribution >= 0.6 is 67.8 Å². The number of carboxylic acids is 1. The van der Waals surface area contributed by atoms with Gasteiger partial charge >= 0.3 is 17.9 Å². The Morgan fingerprint density at radius 3 is 2.40 bits per heavy atom. The molecule has 0 saturated carbocycles. The van der Waals surface area contributed by atoms with E-state index in [0.717, 1.165) is 12.8 Å². The summed E-state index contributed by atoms with van der Waals surface area (Å²) >= 11 is 6.62. The van der Waals surface area contributed by atoms with Gasteiger partial charge in [-0.05, 0) is 44.3 Å². The molecule has 0 heterocycles. The van der Waals surface area contributed by atoms with Crippen LogP contribution in [0.3, 0.4) is 0 Å². The van der Waals surface area contributed by atoms with E-state index >= 15 is 0 Å². The SMILES string of the molecule is O=C(OC1=CCC(C(=O)O)C(I)C1)C1CC=C(OC(=O)C2C=CCCC2I)C(I)C1. The van der Waals surface area contributed by atoms with E-state index in [1.165, 1.54) is 0 Å². The van der Waals surface area contributed by atoms with E-state index in [9.17, 15) is 19.5 Å². The van der Waals surface area contributed by atoms with Gasteiger partial charge in [-0.3, -0.25) is 14.4 Å². The van der Waals surface area contributed by atoms with Crippen molar-refractivity contribution in [1.29, 1.82) is 0 Å². The van der Waals surface area contributed by atoms with E-state index < -0.39 is 11.9 Å². The lowest BCUT2D eigenvalue weighted by atomic mass is 9.92. The number of ether oxygens (including phenoxy) is 2. The van der Waals surface area contributed by atoms with Crippen molar-refractivity contribution in [1.82, 2.24) is 0 Å². The van der Waals surface area contributed by atoms with Crippen molar-refractivity contribution in [2.24, 2.45) is 17.8 Å². The van der Waals surface area contributed by atoms with Crippen LogP contribution in [0.25, 0.3) is 0 Å². The number of rotatable bonds is 5. The van der Waals surface area contributed by atoms with E-state index in [1.807, 2.05) is 18.2 Å². The number of carboxylic acid groups (broad SMARTS) is 1. The van der Waals surface area contributed by atoms with E-state index in [-0.39, 0.29) is 35.5 Å². The molecule has 0 bridgehead atoms. The van der Waals surface area contributed by atoms with E-state index in [0.29, 0.717) is 37.2 Å². The molecule has 0 aromatic heterocycles. The molecule has 3 aliphatic rings. The van der Waals surface area contributed by atoms with Gasteiger partial charge in [0.05, 0.1) is 21.7 Å². The van der Waals surface area contributed by atoms with Gasteiger partial charge in [-0.25, -0.2) is 0 Å². The highest BCUT2D eigenvalue weighted by Gasteiger charge is 2.35. The summed E-state index contributed by atoms with van der Waals surface area (Å²) in [7, 11) is 0. The second kappa shape index (κ2) is 11.1. The highest BCUT2D eigenvalue weighted by atomic mass is 127. The van der Waals surface area contributed by atoms with Crippen molar-refractivity contribution in [3.63, 3.8) is 0 Å². The Bertz CT molecular complexity index is 790. The number of halogens is 3. The van der Waals surface area contributed by atoms with Crippen molar-refractivity contribution >= 4 is 85.7 Å². The molecule has 6 unspecified atom stereocenters. The maximum Gasteiger partial charge on any atom is 0.318 e. The lowest BCUT2D eigenvalue weighted by Crippen LogP contribution is -2.31. The summed E-state index contributed by atoms with van der Waals surface area (Å²) in [5.41, 5.74) is 0. The summed E-state index contributed by atoms with van der Waals surface area (Å²) in [4.78, 5) is 36.4. The van der Waals surface area contributed by atoms with Crippen molar-refractivity contribution in [3.05, 3.63) is 35.8 Å². The number of carbonyl (C=O) groups is 3. The van der Waals surface area contributed by atoms with Crippen LogP contribution in [0.2, 0.25) is 0 Å². The fourth-order valence-electron chi connectivity index (χ4n) is 3.73. The van der Waals surface area contributed by atoms with Crippen LogP contribution in [0.4, 0.5) is 0 Å². The molecular formula is C21H23I3O6. The van der Waals surface area contributed by atoms with Gasteiger partial charge in [0.15, 0.2) is 0 Å². The van der Waals surface area contributed by atoms with Crippen LogP contribution in [0.1, 0.15) is 38.5 Å². The van der Waals surface area contributed by atoms with Crippen LogP contribution in [0.15, 0.2) is 35.8 Å². The minimum atomic E-state index is -0.819. The first-order valence-electron chi connectivity index (χ1n) is 9.90. The topological polar surface area (TPSA) is 89.9 Å².